The zero-order valence-corrected chi connectivity index (χ0v) is 7.61. The molecule has 13 heavy (non-hydrogen) atoms. The highest BCUT2D eigenvalue weighted by atomic mass is 35.5. The van der Waals surface area contributed by atoms with E-state index in [0.29, 0.717) is 0 Å². The molecule has 2 nitrogen and oxygen atoms in total. The summed E-state index contributed by atoms with van der Waals surface area (Å²) in [6.07, 6.45) is -0.477. The minimum absolute atomic E-state index is 0.177. The van der Waals surface area contributed by atoms with Crippen LogP contribution in [0, 0.1) is 0 Å². The van der Waals surface area contributed by atoms with Gasteiger partial charge in [-0.05, 0) is 12.1 Å². The second kappa shape index (κ2) is 3.55. The maximum absolute atomic E-state index is 12.7. The van der Waals surface area contributed by atoms with Crippen LogP contribution in [-0.4, -0.2) is 11.3 Å². The second-order valence-electron chi connectivity index (χ2n) is 2.24. The number of hydrogen-bond donors (Lipinski definition) is 0. The fraction of sp³-hybridized carbons (Fsp3) is 0.143. The number of carbonyl (C=O) groups is 1. The monoisotopic (exact) mass is 225 g/mol. The van der Waals surface area contributed by atoms with E-state index in [4.69, 9.17) is 23.2 Å². The van der Waals surface area contributed by atoms with E-state index >= 15 is 0 Å². The van der Waals surface area contributed by atoms with Crippen LogP contribution in [0.25, 0.3) is 0 Å². The van der Waals surface area contributed by atoms with Crippen LogP contribution in [0.15, 0.2) is 12.1 Å². The maximum atomic E-state index is 12.7. The topological polar surface area (TPSA) is 30.0 Å². The first-order valence-electron chi connectivity index (χ1n) is 3.13. The van der Waals surface area contributed by atoms with Crippen molar-refractivity contribution < 1.29 is 13.6 Å². The van der Waals surface area contributed by atoms with Crippen molar-refractivity contribution in [2.24, 2.45) is 0 Å². The molecule has 0 spiro atoms. The van der Waals surface area contributed by atoms with Crippen LogP contribution < -0.4 is 0 Å². The number of aromatic nitrogens is 1. The largest absolute Gasteiger partial charge is 0.327 e. The van der Waals surface area contributed by atoms with Gasteiger partial charge in [-0.25, -0.2) is 4.98 Å². The van der Waals surface area contributed by atoms with E-state index in [9.17, 15) is 13.6 Å². The molecule has 1 aromatic heterocycles. The van der Waals surface area contributed by atoms with Gasteiger partial charge in [0.2, 0.25) is 0 Å². The Morgan fingerprint density at radius 3 is 2.15 bits per heavy atom. The minimum Gasteiger partial charge on any atom is -0.296 e. The molecule has 0 saturated heterocycles. The summed E-state index contributed by atoms with van der Waals surface area (Å²) in [5.41, 5.74) is -0.562. The lowest BCUT2D eigenvalue weighted by atomic mass is 10.1. The molecule has 0 N–H and O–H groups in total. The molecule has 1 heterocycles. The van der Waals surface area contributed by atoms with Crippen LogP contribution in [0.3, 0.4) is 0 Å². The maximum Gasteiger partial charge on any atom is 0.327 e. The van der Waals surface area contributed by atoms with Gasteiger partial charge in [0.25, 0.3) is 0 Å². The Labute approximate surface area is 82.5 Å². The van der Waals surface area contributed by atoms with Crippen molar-refractivity contribution in [2.75, 3.05) is 0 Å². The molecular weight excluding hydrogens is 223 g/mol. The summed E-state index contributed by atoms with van der Waals surface area (Å²) in [5, 5.41) is -0.354. The summed E-state index contributed by atoms with van der Waals surface area (Å²) in [4.78, 5) is 13.5. The molecule has 1 rings (SSSR count). The van der Waals surface area contributed by atoms with Crippen molar-refractivity contribution in [1.82, 2.24) is 4.98 Å². The third kappa shape index (κ3) is 2.35. The summed E-state index contributed by atoms with van der Waals surface area (Å²) in [7, 11) is 0. The number of pyridine rings is 1. The molecule has 0 aliphatic carbocycles. The number of halogens is 4. The van der Waals surface area contributed by atoms with Crippen LogP contribution in [0.2, 0.25) is 10.3 Å². The van der Waals surface area contributed by atoms with Gasteiger partial charge in [0.15, 0.2) is 6.29 Å². The molecule has 0 atom stereocenters. The lowest BCUT2D eigenvalue weighted by molar-refractivity contribution is -0.130. The summed E-state index contributed by atoms with van der Waals surface area (Å²) in [6, 6.07) is 1.78. The predicted octanol–water partition coefficient (Wildman–Crippen LogP) is 2.68. The molecule has 70 valence electrons. The Balaban J connectivity index is 3.22. The van der Waals surface area contributed by atoms with Crippen LogP contribution in [0.4, 0.5) is 8.78 Å². The van der Waals surface area contributed by atoms with E-state index < -0.39 is 17.8 Å². The normalized spacial score (nSPS) is 11.4. The third-order valence-corrected chi connectivity index (χ3v) is 1.68. The molecule has 0 unspecified atom stereocenters. The van der Waals surface area contributed by atoms with E-state index in [1.165, 1.54) is 0 Å². The predicted molar refractivity (Wildman–Crippen MR) is 44.2 cm³/mol. The lowest BCUT2D eigenvalue weighted by Gasteiger charge is -2.08. The first kappa shape index (κ1) is 10.3. The SMILES string of the molecule is O=CC(F)(F)c1cc(Cl)nc(Cl)c1. The van der Waals surface area contributed by atoms with Gasteiger partial charge in [-0.15, -0.1) is 0 Å². The van der Waals surface area contributed by atoms with E-state index in [0.717, 1.165) is 12.1 Å². The molecule has 0 amide bonds. The Kier molecular flexibility index (Phi) is 2.83. The van der Waals surface area contributed by atoms with Crippen molar-refractivity contribution in [3.05, 3.63) is 28.0 Å². The van der Waals surface area contributed by atoms with Crippen molar-refractivity contribution in [3.8, 4) is 0 Å². The first-order valence-corrected chi connectivity index (χ1v) is 3.89. The average Bonchev–Trinajstić information content (AvgIpc) is 2.02. The molecule has 1 aromatic rings. The summed E-state index contributed by atoms with van der Waals surface area (Å²) in [6.45, 7) is 0. The second-order valence-corrected chi connectivity index (χ2v) is 3.02. The summed E-state index contributed by atoms with van der Waals surface area (Å²) >= 11 is 10.7. The van der Waals surface area contributed by atoms with Crippen LogP contribution in [0.5, 0.6) is 0 Å². The van der Waals surface area contributed by atoms with Gasteiger partial charge >= 0.3 is 5.92 Å². The highest BCUT2D eigenvalue weighted by Gasteiger charge is 2.31. The summed E-state index contributed by atoms with van der Waals surface area (Å²) in [5.74, 6) is -3.57. The smallest absolute Gasteiger partial charge is 0.296 e. The lowest BCUT2D eigenvalue weighted by Crippen LogP contribution is -2.14. The number of nitrogens with zero attached hydrogens (tertiary/aromatic N) is 1. The van der Waals surface area contributed by atoms with E-state index in [2.05, 4.69) is 4.98 Å². The number of rotatable bonds is 2. The fourth-order valence-electron chi connectivity index (χ4n) is 0.725. The van der Waals surface area contributed by atoms with Gasteiger partial charge in [0.05, 0.1) is 0 Å². The standard InChI is InChI=1S/C7H3Cl2F2NO/c8-5-1-4(2-6(9)12-5)7(10,11)3-13/h1-3H. The molecule has 0 aromatic carbocycles. The third-order valence-electron chi connectivity index (χ3n) is 1.30. The van der Waals surface area contributed by atoms with Gasteiger partial charge in [-0.2, -0.15) is 8.78 Å². The molecule has 0 fully saturated rings. The van der Waals surface area contributed by atoms with E-state index in [1.54, 1.807) is 0 Å². The minimum atomic E-state index is -3.57. The number of carbonyl (C=O) groups excluding carboxylic acids is 1. The van der Waals surface area contributed by atoms with Crippen molar-refractivity contribution in [1.29, 1.82) is 0 Å². The zero-order chi connectivity index (χ0) is 10.1. The highest BCUT2D eigenvalue weighted by molar-refractivity contribution is 6.32. The van der Waals surface area contributed by atoms with Gasteiger partial charge in [0.1, 0.15) is 10.3 Å². The Bertz CT molecular complexity index is 323. The molecule has 0 radical (unpaired) electrons. The van der Waals surface area contributed by atoms with Crippen molar-refractivity contribution in [3.63, 3.8) is 0 Å². The highest BCUT2D eigenvalue weighted by Crippen LogP contribution is 2.28. The van der Waals surface area contributed by atoms with Crippen molar-refractivity contribution in [2.45, 2.75) is 5.92 Å². The molecule has 0 bridgehead atoms. The molecule has 0 saturated carbocycles. The van der Waals surface area contributed by atoms with Crippen LogP contribution >= 0.6 is 23.2 Å². The van der Waals surface area contributed by atoms with Gasteiger partial charge in [-0.1, -0.05) is 23.2 Å². The first-order chi connectivity index (χ1) is 5.95. The van der Waals surface area contributed by atoms with E-state index in [-0.39, 0.29) is 10.3 Å². The Morgan fingerprint density at radius 1 is 1.31 bits per heavy atom. The van der Waals surface area contributed by atoms with Gasteiger partial charge in [0, 0.05) is 5.56 Å². The molecule has 6 heteroatoms. The number of aldehydes is 1. The Hall–Kier alpha value is -0.740. The number of alkyl halides is 2. The Morgan fingerprint density at radius 2 is 1.77 bits per heavy atom. The average molecular weight is 226 g/mol. The van der Waals surface area contributed by atoms with Crippen LogP contribution in [-0.2, 0) is 10.7 Å². The van der Waals surface area contributed by atoms with Gasteiger partial charge < -0.3 is 0 Å². The summed E-state index contributed by atoms with van der Waals surface area (Å²) < 4.78 is 25.5. The molecular formula is C7H3Cl2F2NO. The number of hydrogen-bond acceptors (Lipinski definition) is 2. The van der Waals surface area contributed by atoms with Crippen LogP contribution in [0.1, 0.15) is 5.56 Å². The quantitative estimate of drug-likeness (QED) is 0.573. The molecule has 0 aliphatic rings. The fourth-order valence-corrected chi connectivity index (χ4v) is 1.19. The van der Waals surface area contributed by atoms with Gasteiger partial charge in [-0.3, -0.25) is 4.79 Å². The molecule has 0 aliphatic heterocycles. The zero-order valence-electron chi connectivity index (χ0n) is 6.10. The van der Waals surface area contributed by atoms with Crippen molar-refractivity contribution >= 4 is 29.5 Å². The van der Waals surface area contributed by atoms with E-state index in [1.807, 2.05) is 0 Å².